The van der Waals surface area contributed by atoms with Gasteiger partial charge in [-0.15, -0.1) is 0 Å². The van der Waals surface area contributed by atoms with Crippen LogP contribution < -0.4 is 10.1 Å². The molecular formula is C23H24N2O3. The van der Waals surface area contributed by atoms with Crippen LogP contribution in [0.25, 0.3) is 11.0 Å². The minimum Gasteiger partial charge on any atom is -0.493 e. The van der Waals surface area contributed by atoms with E-state index >= 15 is 0 Å². The largest absolute Gasteiger partial charge is 0.493 e. The molecule has 1 amide bonds. The van der Waals surface area contributed by atoms with E-state index in [4.69, 9.17) is 9.15 Å². The smallest absolute Gasteiger partial charge is 0.254 e. The van der Waals surface area contributed by atoms with E-state index in [1.54, 1.807) is 0 Å². The van der Waals surface area contributed by atoms with Gasteiger partial charge in [0.1, 0.15) is 17.1 Å². The molecule has 1 unspecified atom stereocenters. The zero-order valence-electron chi connectivity index (χ0n) is 15.8. The van der Waals surface area contributed by atoms with Crippen molar-refractivity contribution in [3.63, 3.8) is 0 Å². The lowest BCUT2D eigenvalue weighted by Crippen LogP contribution is -2.46. The Morgan fingerprint density at radius 3 is 2.96 bits per heavy atom. The molecule has 1 N–H and O–H groups in total. The highest BCUT2D eigenvalue weighted by atomic mass is 16.5. The van der Waals surface area contributed by atoms with Crippen LogP contribution in [-0.2, 0) is 13.0 Å². The summed E-state index contributed by atoms with van der Waals surface area (Å²) in [5.74, 6) is 1.86. The van der Waals surface area contributed by atoms with Crippen molar-refractivity contribution in [2.45, 2.75) is 31.8 Å². The van der Waals surface area contributed by atoms with Crippen LogP contribution in [0, 0.1) is 0 Å². The van der Waals surface area contributed by atoms with Crippen LogP contribution in [0.2, 0.25) is 0 Å². The summed E-state index contributed by atoms with van der Waals surface area (Å²) in [6, 6.07) is 16.1. The first kappa shape index (κ1) is 17.3. The van der Waals surface area contributed by atoms with Gasteiger partial charge in [0.25, 0.3) is 5.91 Å². The number of amides is 1. The number of rotatable bonds is 5. The third-order valence-electron chi connectivity index (χ3n) is 5.75. The number of nitrogens with one attached hydrogen (secondary N) is 1. The quantitative estimate of drug-likeness (QED) is 0.737. The highest BCUT2D eigenvalue weighted by Crippen LogP contribution is 2.33. The molecule has 0 aliphatic carbocycles. The molecule has 3 heterocycles. The topological polar surface area (TPSA) is 54.7 Å². The first-order valence-corrected chi connectivity index (χ1v) is 10.0. The van der Waals surface area contributed by atoms with E-state index in [0.29, 0.717) is 19.6 Å². The molecule has 2 aliphatic heterocycles. The lowest BCUT2D eigenvalue weighted by molar-refractivity contribution is 0.0674. The molecule has 1 aromatic heterocycles. The van der Waals surface area contributed by atoms with Gasteiger partial charge in [-0.25, -0.2) is 0 Å². The van der Waals surface area contributed by atoms with E-state index in [2.05, 4.69) is 11.4 Å². The summed E-state index contributed by atoms with van der Waals surface area (Å²) in [5.41, 5.74) is 2.70. The molecule has 2 aliphatic rings. The van der Waals surface area contributed by atoms with Crippen molar-refractivity contribution in [2.24, 2.45) is 0 Å². The first-order chi connectivity index (χ1) is 13.8. The molecule has 5 nitrogen and oxygen atoms in total. The van der Waals surface area contributed by atoms with Crippen LogP contribution in [0.4, 0.5) is 0 Å². The lowest BCUT2D eigenvalue weighted by Gasteiger charge is -2.31. The minimum atomic E-state index is 0.131. The van der Waals surface area contributed by atoms with Crippen molar-refractivity contribution in [2.75, 3.05) is 19.7 Å². The Morgan fingerprint density at radius 2 is 2.11 bits per heavy atom. The predicted octanol–water partition coefficient (Wildman–Crippen LogP) is 3.76. The van der Waals surface area contributed by atoms with Crippen molar-refractivity contribution < 1.29 is 13.9 Å². The SMILES string of the molecule is O=C1c2cccc(OCCc3cc4ccccc4o3)c2CN1C1CCCNC1. The number of para-hydroxylation sites is 1. The molecule has 28 heavy (non-hydrogen) atoms. The van der Waals surface area contributed by atoms with Crippen LogP contribution in [0.1, 0.15) is 34.5 Å². The van der Waals surface area contributed by atoms with Gasteiger partial charge in [0.2, 0.25) is 0 Å². The molecular weight excluding hydrogens is 352 g/mol. The summed E-state index contributed by atoms with van der Waals surface area (Å²) in [5, 5.41) is 4.51. The summed E-state index contributed by atoms with van der Waals surface area (Å²) < 4.78 is 11.9. The zero-order chi connectivity index (χ0) is 18.9. The fraction of sp³-hybridized carbons (Fsp3) is 0.348. The van der Waals surface area contributed by atoms with Gasteiger partial charge >= 0.3 is 0 Å². The Morgan fingerprint density at radius 1 is 1.18 bits per heavy atom. The van der Waals surface area contributed by atoms with Crippen molar-refractivity contribution in [1.82, 2.24) is 10.2 Å². The third kappa shape index (κ3) is 3.16. The molecule has 1 atom stereocenters. The first-order valence-electron chi connectivity index (χ1n) is 10.0. The Hall–Kier alpha value is -2.79. The summed E-state index contributed by atoms with van der Waals surface area (Å²) in [6.45, 7) is 3.08. The number of carbonyl (C=O) groups excluding carboxylic acids is 1. The molecule has 3 aromatic rings. The second kappa shape index (κ2) is 7.32. The second-order valence-electron chi connectivity index (χ2n) is 7.56. The molecule has 2 aromatic carbocycles. The highest BCUT2D eigenvalue weighted by Gasteiger charge is 2.34. The normalized spacial score (nSPS) is 19.2. The zero-order valence-corrected chi connectivity index (χ0v) is 15.8. The number of ether oxygens (including phenoxy) is 1. The van der Waals surface area contributed by atoms with Crippen molar-refractivity contribution in [3.8, 4) is 5.75 Å². The Balaban J connectivity index is 1.28. The van der Waals surface area contributed by atoms with E-state index in [0.717, 1.165) is 59.5 Å². The van der Waals surface area contributed by atoms with E-state index < -0.39 is 0 Å². The molecule has 0 saturated carbocycles. The predicted molar refractivity (Wildman–Crippen MR) is 108 cm³/mol. The average Bonchev–Trinajstić information content (AvgIpc) is 3.30. The minimum absolute atomic E-state index is 0.131. The average molecular weight is 376 g/mol. The molecule has 0 bridgehead atoms. The number of furan rings is 1. The maximum Gasteiger partial charge on any atom is 0.254 e. The monoisotopic (exact) mass is 376 g/mol. The molecule has 144 valence electrons. The fourth-order valence-corrected chi connectivity index (χ4v) is 4.28. The third-order valence-corrected chi connectivity index (χ3v) is 5.75. The number of hydrogen-bond acceptors (Lipinski definition) is 4. The number of benzene rings is 2. The Bertz CT molecular complexity index is 971. The maximum absolute atomic E-state index is 12.9. The molecule has 1 saturated heterocycles. The number of fused-ring (bicyclic) bond motifs is 2. The van der Waals surface area contributed by atoms with E-state index in [9.17, 15) is 4.79 Å². The number of nitrogens with zero attached hydrogens (tertiary/aromatic N) is 1. The molecule has 0 radical (unpaired) electrons. The molecule has 5 heteroatoms. The molecule has 5 rings (SSSR count). The highest BCUT2D eigenvalue weighted by molar-refractivity contribution is 5.99. The van der Waals surface area contributed by atoms with E-state index in [1.807, 2.05) is 47.4 Å². The van der Waals surface area contributed by atoms with Gasteiger partial charge in [0, 0.05) is 35.5 Å². The van der Waals surface area contributed by atoms with Crippen LogP contribution in [0.3, 0.4) is 0 Å². The molecule has 0 spiro atoms. The Labute approximate surface area is 164 Å². The fourth-order valence-electron chi connectivity index (χ4n) is 4.28. The number of carbonyl (C=O) groups is 1. The van der Waals surface area contributed by atoms with Crippen molar-refractivity contribution in [3.05, 3.63) is 65.4 Å². The van der Waals surface area contributed by atoms with Crippen LogP contribution >= 0.6 is 0 Å². The number of hydrogen-bond donors (Lipinski definition) is 1. The van der Waals surface area contributed by atoms with Gasteiger partial charge in [0.05, 0.1) is 13.2 Å². The van der Waals surface area contributed by atoms with Gasteiger partial charge in [0.15, 0.2) is 0 Å². The van der Waals surface area contributed by atoms with Gasteiger partial charge in [-0.2, -0.15) is 0 Å². The van der Waals surface area contributed by atoms with Crippen LogP contribution in [0.15, 0.2) is 52.9 Å². The second-order valence-corrected chi connectivity index (χ2v) is 7.56. The molecule has 1 fully saturated rings. The number of piperidine rings is 1. The summed E-state index contributed by atoms with van der Waals surface area (Å²) in [6.07, 6.45) is 2.88. The van der Waals surface area contributed by atoms with Gasteiger partial charge in [-0.05, 0) is 43.7 Å². The van der Waals surface area contributed by atoms with E-state index in [-0.39, 0.29) is 11.9 Å². The van der Waals surface area contributed by atoms with Gasteiger partial charge in [-0.3, -0.25) is 4.79 Å². The maximum atomic E-state index is 12.9. The summed E-state index contributed by atoms with van der Waals surface area (Å²) in [7, 11) is 0. The lowest BCUT2D eigenvalue weighted by atomic mass is 10.1. The van der Waals surface area contributed by atoms with Gasteiger partial charge in [-0.1, -0.05) is 24.3 Å². The summed E-state index contributed by atoms with van der Waals surface area (Å²) >= 11 is 0. The van der Waals surface area contributed by atoms with Crippen LogP contribution in [-0.4, -0.2) is 36.5 Å². The van der Waals surface area contributed by atoms with Crippen molar-refractivity contribution >= 4 is 16.9 Å². The Kier molecular flexibility index (Phi) is 4.53. The van der Waals surface area contributed by atoms with E-state index in [1.165, 1.54) is 0 Å². The standard InChI is InChI=1S/C23H24N2O3/c26-23-19-7-3-9-22(20(19)15-25(23)17-6-4-11-24-14-17)27-12-10-18-13-16-5-1-2-8-21(16)28-18/h1-3,5,7-9,13,17,24H,4,6,10-12,14-15H2. The van der Waals surface area contributed by atoms with Crippen LogP contribution in [0.5, 0.6) is 5.75 Å². The van der Waals surface area contributed by atoms with Crippen molar-refractivity contribution in [1.29, 1.82) is 0 Å². The summed E-state index contributed by atoms with van der Waals surface area (Å²) in [4.78, 5) is 14.9. The van der Waals surface area contributed by atoms with Gasteiger partial charge < -0.3 is 19.4 Å².